The van der Waals surface area contributed by atoms with Crippen LogP contribution < -0.4 is 5.76 Å². The fourth-order valence-electron chi connectivity index (χ4n) is 2.54. The molecular formula is C16H11N3O5S. The molecule has 0 fully saturated rings. The van der Waals surface area contributed by atoms with Gasteiger partial charge in [0, 0.05) is 12.1 Å². The Hall–Kier alpha value is -3.20. The van der Waals surface area contributed by atoms with Gasteiger partial charge < -0.3 is 8.83 Å². The van der Waals surface area contributed by atoms with Gasteiger partial charge in [-0.1, -0.05) is 6.07 Å². The van der Waals surface area contributed by atoms with Gasteiger partial charge in [-0.05, 0) is 24.4 Å². The van der Waals surface area contributed by atoms with E-state index >= 15 is 0 Å². The number of aromatic nitrogens is 2. The second kappa shape index (κ2) is 5.71. The van der Waals surface area contributed by atoms with Gasteiger partial charge in [-0.2, -0.15) is 0 Å². The van der Waals surface area contributed by atoms with Crippen molar-refractivity contribution >= 4 is 28.1 Å². The van der Waals surface area contributed by atoms with E-state index < -0.39 is 10.7 Å². The van der Waals surface area contributed by atoms with Crippen LogP contribution in [0.2, 0.25) is 0 Å². The Morgan fingerprint density at radius 3 is 2.88 bits per heavy atom. The third-order valence-corrected chi connectivity index (χ3v) is 4.65. The molecule has 0 aliphatic carbocycles. The summed E-state index contributed by atoms with van der Waals surface area (Å²) < 4.78 is 12.1. The highest BCUT2D eigenvalue weighted by Gasteiger charge is 2.18. The Balaban J connectivity index is 1.78. The number of nitro benzene ring substituents is 1. The summed E-state index contributed by atoms with van der Waals surface area (Å²) in [5, 5.41) is 12.9. The van der Waals surface area contributed by atoms with Crippen LogP contribution in [-0.2, 0) is 6.54 Å². The van der Waals surface area contributed by atoms with Crippen molar-refractivity contribution in [1.82, 2.24) is 9.55 Å². The molecule has 0 radical (unpaired) electrons. The summed E-state index contributed by atoms with van der Waals surface area (Å²) >= 11 is 1.50. The van der Waals surface area contributed by atoms with Crippen molar-refractivity contribution in [1.29, 1.82) is 0 Å². The Kier molecular flexibility index (Phi) is 3.50. The van der Waals surface area contributed by atoms with Gasteiger partial charge in [0.25, 0.3) is 5.69 Å². The van der Waals surface area contributed by atoms with Gasteiger partial charge in [0.1, 0.15) is 11.5 Å². The molecule has 9 heteroatoms. The minimum Gasteiger partial charge on any atom is -0.440 e. The van der Waals surface area contributed by atoms with E-state index in [0.29, 0.717) is 22.9 Å². The summed E-state index contributed by atoms with van der Waals surface area (Å²) in [6.07, 6.45) is 0. The Bertz CT molecular complexity index is 1140. The maximum atomic E-state index is 12.1. The minimum absolute atomic E-state index is 0.105. The number of oxazole rings is 2. The normalized spacial score (nSPS) is 11.2. The first-order chi connectivity index (χ1) is 12.0. The molecule has 126 valence electrons. The zero-order valence-corrected chi connectivity index (χ0v) is 13.8. The Morgan fingerprint density at radius 2 is 2.16 bits per heavy atom. The van der Waals surface area contributed by atoms with Gasteiger partial charge in [0.15, 0.2) is 5.58 Å². The molecule has 0 spiro atoms. The maximum absolute atomic E-state index is 12.1. The summed E-state index contributed by atoms with van der Waals surface area (Å²) in [5.41, 5.74) is 1.09. The lowest BCUT2D eigenvalue weighted by molar-refractivity contribution is -0.384. The van der Waals surface area contributed by atoms with Crippen LogP contribution in [0.25, 0.3) is 21.9 Å². The van der Waals surface area contributed by atoms with Gasteiger partial charge in [0.05, 0.1) is 21.9 Å². The van der Waals surface area contributed by atoms with Crippen molar-refractivity contribution in [3.63, 3.8) is 0 Å². The van der Waals surface area contributed by atoms with Crippen LogP contribution in [0.15, 0.2) is 49.3 Å². The zero-order valence-electron chi connectivity index (χ0n) is 13.0. The lowest BCUT2D eigenvalue weighted by Gasteiger charge is -1.99. The number of hydrogen-bond donors (Lipinski definition) is 0. The van der Waals surface area contributed by atoms with Crippen molar-refractivity contribution < 1.29 is 13.8 Å². The van der Waals surface area contributed by atoms with Gasteiger partial charge in [-0.25, -0.2) is 9.78 Å². The van der Waals surface area contributed by atoms with E-state index in [2.05, 4.69) is 4.98 Å². The van der Waals surface area contributed by atoms with E-state index in [4.69, 9.17) is 8.83 Å². The highest BCUT2D eigenvalue weighted by molar-refractivity contribution is 7.13. The highest BCUT2D eigenvalue weighted by Crippen LogP contribution is 2.27. The van der Waals surface area contributed by atoms with Crippen molar-refractivity contribution in [2.45, 2.75) is 13.5 Å². The van der Waals surface area contributed by atoms with E-state index in [1.54, 1.807) is 6.92 Å². The molecule has 25 heavy (non-hydrogen) atoms. The number of fused-ring (bicyclic) bond motifs is 1. The van der Waals surface area contributed by atoms with Crippen molar-refractivity contribution in [3.8, 4) is 10.8 Å². The predicted octanol–water partition coefficient (Wildman–Crippen LogP) is 3.58. The van der Waals surface area contributed by atoms with Crippen LogP contribution in [0.3, 0.4) is 0 Å². The molecule has 0 saturated heterocycles. The molecule has 0 unspecified atom stereocenters. The van der Waals surface area contributed by atoms with Gasteiger partial charge in [0.2, 0.25) is 5.89 Å². The van der Waals surface area contributed by atoms with E-state index in [0.717, 1.165) is 4.88 Å². The van der Waals surface area contributed by atoms with Gasteiger partial charge >= 0.3 is 5.76 Å². The summed E-state index contributed by atoms with van der Waals surface area (Å²) in [5.74, 6) is 0.458. The van der Waals surface area contributed by atoms with E-state index in [1.807, 2.05) is 17.5 Å². The van der Waals surface area contributed by atoms with Gasteiger partial charge in [-0.15, -0.1) is 11.3 Å². The van der Waals surface area contributed by atoms with Crippen molar-refractivity contribution in [2.24, 2.45) is 0 Å². The second-order valence-corrected chi connectivity index (χ2v) is 6.31. The summed E-state index contributed by atoms with van der Waals surface area (Å²) in [4.78, 5) is 27.9. The molecule has 4 rings (SSSR count). The molecule has 3 aromatic heterocycles. The molecule has 0 atom stereocenters. The number of rotatable bonds is 4. The molecule has 0 bridgehead atoms. The number of thiophene rings is 1. The van der Waals surface area contributed by atoms with E-state index in [9.17, 15) is 14.9 Å². The molecule has 0 N–H and O–H groups in total. The zero-order chi connectivity index (χ0) is 17.6. The summed E-state index contributed by atoms with van der Waals surface area (Å²) in [7, 11) is 0. The number of hydrogen-bond acceptors (Lipinski definition) is 7. The number of benzene rings is 1. The average Bonchev–Trinajstić information content (AvgIpc) is 3.28. The third-order valence-electron chi connectivity index (χ3n) is 3.79. The fraction of sp³-hybridized carbons (Fsp3) is 0.125. The van der Waals surface area contributed by atoms with Crippen LogP contribution in [0, 0.1) is 17.0 Å². The number of non-ortho nitro benzene ring substituents is 1. The number of aryl methyl sites for hydroxylation is 1. The predicted molar refractivity (Wildman–Crippen MR) is 90.8 cm³/mol. The number of nitrogens with zero attached hydrogens (tertiary/aromatic N) is 3. The molecule has 0 amide bonds. The quantitative estimate of drug-likeness (QED) is 0.408. The van der Waals surface area contributed by atoms with E-state index in [-0.39, 0.29) is 17.8 Å². The lowest BCUT2D eigenvalue weighted by Crippen LogP contribution is -2.15. The van der Waals surface area contributed by atoms with Crippen LogP contribution in [0.4, 0.5) is 5.69 Å². The topological polar surface area (TPSA) is 104 Å². The van der Waals surface area contributed by atoms with E-state index in [1.165, 1.54) is 34.1 Å². The highest BCUT2D eigenvalue weighted by atomic mass is 32.1. The van der Waals surface area contributed by atoms with Gasteiger partial charge in [-0.3, -0.25) is 14.7 Å². The average molecular weight is 357 g/mol. The molecule has 8 nitrogen and oxygen atoms in total. The third kappa shape index (κ3) is 2.64. The molecule has 0 saturated carbocycles. The second-order valence-electron chi connectivity index (χ2n) is 5.36. The van der Waals surface area contributed by atoms with Crippen LogP contribution in [0.5, 0.6) is 0 Å². The number of nitro groups is 1. The summed E-state index contributed by atoms with van der Waals surface area (Å²) in [6.45, 7) is 1.86. The van der Waals surface area contributed by atoms with Crippen LogP contribution in [-0.4, -0.2) is 14.5 Å². The molecule has 3 heterocycles. The van der Waals surface area contributed by atoms with Crippen LogP contribution in [0.1, 0.15) is 11.5 Å². The molecule has 0 aliphatic rings. The largest absolute Gasteiger partial charge is 0.440 e. The molecular weight excluding hydrogens is 346 g/mol. The van der Waals surface area contributed by atoms with Crippen LogP contribution >= 0.6 is 11.3 Å². The Labute approximate surface area is 144 Å². The first-order valence-electron chi connectivity index (χ1n) is 7.31. The van der Waals surface area contributed by atoms with Crippen molar-refractivity contribution in [2.75, 3.05) is 0 Å². The smallest absolute Gasteiger partial charge is 0.420 e. The minimum atomic E-state index is -0.601. The van der Waals surface area contributed by atoms with Crippen molar-refractivity contribution in [3.05, 3.63) is 67.8 Å². The molecule has 0 aliphatic heterocycles. The molecule has 4 aromatic rings. The fourth-order valence-corrected chi connectivity index (χ4v) is 3.19. The summed E-state index contributed by atoms with van der Waals surface area (Å²) in [6, 6.07) is 7.81. The lowest BCUT2D eigenvalue weighted by atomic mass is 10.3. The molecule has 1 aromatic carbocycles. The Morgan fingerprint density at radius 1 is 1.32 bits per heavy atom. The first kappa shape index (κ1) is 15.3. The SMILES string of the molecule is Cc1oc(-c2cccs2)nc1Cn1c(=O)oc2ccc([N+](=O)[O-])cc21. The first-order valence-corrected chi connectivity index (χ1v) is 8.19. The monoisotopic (exact) mass is 357 g/mol. The maximum Gasteiger partial charge on any atom is 0.420 e. The standard InChI is InChI=1S/C16H11N3O5S/c1-9-11(17-15(23-9)14-3-2-6-25-14)8-18-12-7-10(19(21)22)4-5-13(12)24-16(18)20/h2-7H,8H2,1H3.